The van der Waals surface area contributed by atoms with Crippen LogP contribution in [0.3, 0.4) is 0 Å². The van der Waals surface area contributed by atoms with Gasteiger partial charge in [0.15, 0.2) is 0 Å². The van der Waals surface area contributed by atoms with Crippen molar-refractivity contribution in [3.05, 3.63) is 84.0 Å². The van der Waals surface area contributed by atoms with Crippen LogP contribution in [0.25, 0.3) is 0 Å². The van der Waals surface area contributed by atoms with Crippen molar-refractivity contribution in [3.63, 3.8) is 0 Å². The van der Waals surface area contributed by atoms with Gasteiger partial charge in [-0.05, 0) is 29.8 Å². The summed E-state index contributed by atoms with van der Waals surface area (Å²) >= 11 is 0. The number of imidazole rings is 1. The summed E-state index contributed by atoms with van der Waals surface area (Å²) < 4.78 is 15.4. The Kier molecular flexibility index (Phi) is 4.14. The number of aromatic nitrogens is 3. The van der Waals surface area contributed by atoms with Crippen molar-refractivity contribution in [2.45, 2.75) is 6.04 Å². The molecule has 1 aromatic carbocycles. The smallest absolute Gasteiger partial charge is 0.270 e. The van der Waals surface area contributed by atoms with E-state index in [2.05, 4.69) is 15.3 Å². The third kappa shape index (κ3) is 3.26. The average molecular weight is 310 g/mol. The number of amides is 1. The minimum absolute atomic E-state index is 0.295. The van der Waals surface area contributed by atoms with Crippen LogP contribution in [0, 0.1) is 5.82 Å². The number of rotatable bonds is 4. The fourth-order valence-electron chi connectivity index (χ4n) is 2.34. The number of aryl methyl sites for hydroxylation is 1. The molecule has 0 saturated heterocycles. The molecule has 23 heavy (non-hydrogen) atoms. The van der Waals surface area contributed by atoms with Gasteiger partial charge in [0.05, 0.1) is 0 Å². The summed E-state index contributed by atoms with van der Waals surface area (Å²) in [5.41, 5.74) is 0.909. The molecule has 0 spiro atoms. The highest BCUT2D eigenvalue weighted by molar-refractivity contribution is 5.92. The molecular formula is C17H15FN4O. The largest absolute Gasteiger partial charge is 0.337 e. The number of hydrogen-bond acceptors (Lipinski definition) is 3. The molecule has 0 radical (unpaired) electrons. The molecule has 116 valence electrons. The lowest BCUT2D eigenvalue weighted by atomic mass is 10.1. The molecule has 1 N–H and O–H groups in total. The highest BCUT2D eigenvalue weighted by Crippen LogP contribution is 2.21. The first kappa shape index (κ1) is 14.9. The Labute approximate surface area is 132 Å². The Morgan fingerprint density at radius 2 is 2.04 bits per heavy atom. The number of carbonyl (C=O) groups excluding carboxylic acids is 1. The first-order chi connectivity index (χ1) is 11.1. The van der Waals surface area contributed by atoms with E-state index in [4.69, 9.17) is 0 Å². The molecule has 0 bridgehead atoms. The summed E-state index contributed by atoms with van der Waals surface area (Å²) in [5.74, 6) is -0.100. The quantitative estimate of drug-likeness (QED) is 0.805. The molecule has 0 aliphatic carbocycles. The zero-order chi connectivity index (χ0) is 16.2. The minimum atomic E-state index is -0.569. The van der Waals surface area contributed by atoms with Crippen LogP contribution in [-0.4, -0.2) is 20.4 Å². The lowest BCUT2D eigenvalue weighted by molar-refractivity contribution is 0.0936. The Bertz CT molecular complexity index is 816. The maximum absolute atomic E-state index is 13.6. The van der Waals surface area contributed by atoms with Gasteiger partial charge in [-0.1, -0.05) is 18.2 Å². The predicted octanol–water partition coefficient (Wildman–Crippen LogP) is 2.47. The molecule has 1 unspecified atom stereocenters. The Morgan fingerprint density at radius 1 is 1.17 bits per heavy atom. The Balaban J connectivity index is 1.96. The van der Waals surface area contributed by atoms with E-state index in [0.717, 1.165) is 0 Å². The zero-order valence-electron chi connectivity index (χ0n) is 12.5. The van der Waals surface area contributed by atoms with Gasteiger partial charge in [-0.15, -0.1) is 0 Å². The molecule has 6 heteroatoms. The molecule has 1 amide bonds. The third-order valence-corrected chi connectivity index (χ3v) is 3.47. The van der Waals surface area contributed by atoms with Gasteiger partial charge in [0.1, 0.15) is 23.4 Å². The highest BCUT2D eigenvalue weighted by atomic mass is 19.1. The first-order valence-electron chi connectivity index (χ1n) is 7.10. The standard InChI is InChI=1S/C17H15FN4O/c1-22-10-9-20-16(22)15(12-5-4-6-13(18)11-12)21-17(23)14-7-2-3-8-19-14/h2-11,15H,1H3,(H,21,23). The zero-order valence-corrected chi connectivity index (χ0v) is 12.5. The average Bonchev–Trinajstić information content (AvgIpc) is 2.99. The van der Waals surface area contributed by atoms with E-state index in [1.165, 1.54) is 12.1 Å². The second-order valence-corrected chi connectivity index (χ2v) is 5.07. The van der Waals surface area contributed by atoms with Crippen molar-refractivity contribution in [1.82, 2.24) is 19.9 Å². The van der Waals surface area contributed by atoms with Crippen molar-refractivity contribution < 1.29 is 9.18 Å². The summed E-state index contributed by atoms with van der Waals surface area (Å²) in [7, 11) is 1.82. The molecule has 0 aliphatic heterocycles. The van der Waals surface area contributed by atoms with Gasteiger partial charge >= 0.3 is 0 Å². The number of benzene rings is 1. The van der Waals surface area contributed by atoms with E-state index < -0.39 is 6.04 Å². The molecule has 0 aliphatic rings. The molecule has 2 aromatic heterocycles. The number of halogens is 1. The van der Waals surface area contributed by atoms with Gasteiger partial charge < -0.3 is 9.88 Å². The van der Waals surface area contributed by atoms with Crippen LogP contribution in [0.15, 0.2) is 61.1 Å². The van der Waals surface area contributed by atoms with Gasteiger partial charge in [-0.25, -0.2) is 9.37 Å². The summed E-state index contributed by atoms with van der Waals surface area (Å²) in [6.07, 6.45) is 4.95. The third-order valence-electron chi connectivity index (χ3n) is 3.47. The summed E-state index contributed by atoms with van der Waals surface area (Å²) in [6, 6.07) is 10.6. The number of carbonyl (C=O) groups is 1. The van der Waals surface area contributed by atoms with Crippen LogP contribution in [-0.2, 0) is 7.05 Å². The SMILES string of the molecule is Cn1ccnc1C(NC(=O)c1ccccn1)c1cccc(F)c1. The molecule has 0 saturated carbocycles. The van der Waals surface area contributed by atoms with Crippen molar-refractivity contribution in [2.75, 3.05) is 0 Å². The Hall–Kier alpha value is -3.02. The number of pyridine rings is 1. The number of nitrogens with zero attached hydrogens (tertiary/aromatic N) is 3. The van der Waals surface area contributed by atoms with Gasteiger partial charge in [0.25, 0.3) is 5.91 Å². The molecule has 3 rings (SSSR count). The molecular weight excluding hydrogens is 295 g/mol. The fourth-order valence-corrected chi connectivity index (χ4v) is 2.34. The normalized spacial score (nSPS) is 11.9. The van der Waals surface area contributed by atoms with Gasteiger partial charge in [-0.3, -0.25) is 9.78 Å². The second kappa shape index (κ2) is 6.39. The predicted molar refractivity (Wildman–Crippen MR) is 83.2 cm³/mol. The van der Waals surface area contributed by atoms with E-state index in [0.29, 0.717) is 17.1 Å². The van der Waals surface area contributed by atoms with Crippen LogP contribution in [0.1, 0.15) is 27.9 Å². The van der Waals surface area contributed by atoms with E-state index in [-0.39, 0.29) is 11.7 Å². The monoisotopic (exact) mass is 310 g/mol. The maximum atomic E-state index is 13.6. The topological polar surface area (TPSA) is 59.8 Å². The maximum Gasteiger partial charge on any atom is 0.270 e. The van der Waals surface area contributed by atoms with Crippen LogP contribution < -0.4 is 5.32 Å². The van der Waals surface area contributed by atoms with Gasteiger partial charge in [0, 0.05) is 25.6 Å². The summed E-state index contributed by atoms with van der Waals surface area (Å²) in [4.78, 5) is 20.7. The molecule has 2 heterocycles. The van der Waals surface area contributed by atoms with Crippen LogP contribution in [0.5, 0.6) is 0 Å². The van der Waals surface area contributed by atoms with Gasteiger partial charge in [0.2, 0.25) is 0 Å². The van der Waals surface area contributed by atoms with Crippen LogP contribution in [0.2, 0.25) is 0 Å². The summed E-state index contributed by atoms with van der Waals surface area (Å²) in [6.45, 7) is 0. The molecule has 1 atom stereocenters. The molecule has 5 nitrogen and oxygen atoms in total. The molecule has 3 aromatic rings. The van der Waals surface area contributed by atoms with Crippen molar-refractivity contribution in [2.24, 2.45) is 7.05 Å². The van der Waals surface area contributed by atoms with Gasteiger partial charge in [-0.2, -0.15) is 0 Å². The fraction of sp³-hybridized carbons (Fsp3) is 0.118. The minimum Gasteiger partial charge on any atom is -0.337 e. The van der Waals surface area contributed by atoms with Crippen molar-refractivity contribution >= 4 is 5.91 Å². The van der Waals surface area contributed by atoms with Crippen LogP contribution >= 0.6 is 0 Å². The lowest BCUT2D eigenvalue weighted by Crippen LogP contribution is -2.31. The summed E-state index contributed by atoms with van der Waals surface area (Å²) in [5, 5.41) is 2.87. The number of nitrogens with one attached hydrogen (secondary N) is 1. The van der Waals surface area contributed by atoms with Crippen LogP contribution in [0.4, 0.5) is 4.39 Å². The number of hydrogen-bond donors (Lipinski definition) is 1. The lowest BCUT2D eigenvalue weighted by Gasteiger charge is -2.19. The second-order valence-electron chi connectivity index (χ2n) is 5.07. The van der Waals surface area contributed by atoms with Crippen molar-refractivity contribution in [1.29, 1.82) is 0 Å². The first-order valence-corrected chi connectivity index (χ1v) is 7.10. The van der Waals surface area contributed by atoms with E-state index in [1.807, 2.05) is 7.05 Å². The highest BCUT2D eigenvalue weighted by Gasteiger charge is 2.22. The van der Waals surface area contributed by atoms with E-state index >= 15 is 0 Å². The van der Waals surface area contributed by atoms with Crippen molar-refractivity contribution in [3.8, 4) is 0 Å². The van der Waals surface area contributed by atoms with E-state index in [9.17, 15) is 9.18 Å². The molecule has 0 fully saturated rings. The Morgan fingerprint density at radius 3 is 2.70 bits per heavy atom. The van der Waals surface area contributed by atoms with E-state index in [1.54, 1.807) is 53.5 Å².